The van der Waals surface area contributed by atoms with Crippen molar-refractivity contribution in [1.29, 1.82) is 0 Å². The van der Waals surface area contributed by atoms with Gasteiger partial charge in [0.05, 0.1) is 6.54 Å². The molecule has 0 spiro atoms. The summed E-state index contributed by atoms with van der Waals surface area (Å²) in [5, 5.41) is 3.68. The van der Waals surface area contributed by atoms with Crippen LogP contribution in [-0.2, 0) is 16.1 Å². The lowest BCUT2D eigenvalue weighted by Crippen LogP contribution is -2.31. The van der Waals surface area contributed by atoms with Crippen LogP contribution in [0.1, 0.15) is 26.3 Å². The van der Waals surface area contributed by atoms with Gasteiger partial charge in [0.25, 0.3) is 0 Å². The summed E-state index contributed by atoms with van der Waals surface area (Å²) in [7, 11) is 0. The number of ether oxygens (including phenoxy) is 1. The van der Waals surface area contributed by atoms with Gasteiger partial charge in [-0.05, 0) is 38.5 Å². The summed E-state index contributed by atoms with van der Waals surface area (Å²) in [5.74, 6) is -0.268. The predicted molar refractivity (Wildman–Crippen MR) is 76.7 cm³/mol. The molecule has 0 bridgehead atoms. The maximum absolute atomic E-state index is 11.5. The monoisotopic (exact) mass is 333 g/mol. The van der Waals surface area contributed by atoms with E-state index in [4.69, 9.17) is 16.3 Å². The highest BCUT2D eigenvalue weighted by Crippen LogP contribution is 2.21. The number of rotatable bonds is 4. The Kier molecular flexibility index (Phi) is 5.63. The van der Waals surface area contributed by atoms with Crippen molar-refractivity contribution in [1.82, 2.24) is 5.32 Å². The van der Waals surface area contributed by atoms with Crippen LogP contribution in [0.5, 0.6) is 0 Å². The summed E-state index contributed by atoms with van der Waals surface area (Å²) in [5.41, 5.74) is 0.497. The Bertz CT molecular complexity index is 429. The van der Waals surface area contributed by atoms with Gasteiger partial charge in [-0.2, -0.15) is 0 Å². The molecular formula is C13H17BrClNO2. The van der Waals surface area contributed by atoms with Gasteiger partial charge in [0.1, 0.15) is 5.60 Å². The normalized spacial score (nSPS) is 11.4. The lowest BCUT2D eigenvalue weighted by atomic mass is 10.2. The van der Waals surface area contributed by atoms with Gasteiger partial charge in [0, 0.05) is 16.0 Å². The fourth-order valence-electron chi connectivity index (χ4n) is 1.34. The molecule has 0 aliphatic heterocycles. The smallest absolute Gasteiger partial charge is 0.320 e. The number of hydrogen-bond acceptors (Lipinski definition) is 3. The largest absolute Gasteiger partial charge is 0.459 e. The molecule has 0 saturated heterocycles. The van der Waals surface area contributed by atoms with Gasteiger partial charge < -0.3 is 10.1 Å². The van der Waals surface area contributed by atoms with Gasteiger partial charge in [-0.1, -0.05) is 33.6 Å². The van der Waals surface area contributed by atoms with Crippen molar-refractivity contribution in [2.45, 2.75) is 32.9 Å². The van der Waals surface area contributed by atoms with E-state index in [1.54, 1.807) is 0 Å². The van der Waals surface area contributed by atoms with E-state index in [1.165, 1.54) is 0 Å². The third-order valence-corrected chi connectivity index (χ3v) is 2.87. The van der Waals surface area contributed by atoms with Gasteiger partial charge in [0.2, 0.25) is 0 Å². The molecule has 0 fully saturated rings. The minimum Gasteiger partial charge on any atom is -0.459 e. The minimum atomic E-state index is -0.450. The van der Waals surface area contributed by atoms with Gasteiger partial charge >= 0.3 is 5.97 Å². The average molecular weight is 335 g/mol. The standard InChI is InChI=1S/C13H17BrClNO2/c1-13(2,3)18-12(17)8-16-7-9-4-5-10(14)6-11(9)15/h4-6,16H,7-8H2,1-3H3. The molecule has 0 amide bonds. The summed E-state index contributed by atoms with van der Waals surface area (Å²) >= 11 is 9.41. The zero-order valence-corrected chi connectivity index (χ0v) is 13.1. The van der Waals surface area contributed by atoms with Crippen LogP contribution in [0, 0.1) is 0 Å². The Morgan fingerprint density at radius 2 is 2.11 bits per heavy atom. The Balaban J connectivity index is 2.40. The first-order valence-electron chi connectivity index (χ1n) is 5.64. The van der Waals surface area contributed by atoms with E-state index in [9.17, 15) is 4.79 Å². The first-order chi connectivity index (χ1) is 8.28. The number of nitrogens with one attached hydrogen (secondary N) is 1. The molecule has 0 aliphatic carbocycles. The minimum absolute atomic E-state index is 0.170. The van der Waals surface area contributed by atoms with Gasteiger partial charge in [-0.3, -0.25) is 4.79 Å². The molecule has 1 rings (SSSR count). The van der Waals surface area contributed by atoms with Crippen molar-refractivity contribution in [3.05, 3.63) is 33.3 Å². The predicted octanol–water partition coefficient (Wildman–Crippen LogP) is 3.53. The molecular weight excluding hydrogens is 318 g/mol. The third-order valence-electron chi connectivity index (χ3n) is 2.02. The highest BCUT2D eigenvalue weighted by Gasteiger charge is 2.15. The van der Waals surface area contributed by atoms with E-state index in [0.717, 1.165) is 10.0 Å². The van der Waals surface area contributed by atoms with Crippen molar-refractivity contribution in [3.63, 3.8) is 0 Å². The van der Waals surface area contributed by atoms with Crippen LogP contribution in [0.25, 0.3) is 0 Å². The highest BCUT2D eigenvalue weighted by molar-refractivity contribution is 9.10. The van der Waals surface area contributed by atoms with E-state index in [1.807, 2.05) is 39.0 Å². The Labute approximate surface area is 121 Å². The average Bonchev–Trinajstić information content (AvgIpc) is 2.18. The van der Waals surface area contributed by atoms with Gasteiger partial charge in [-0.25, -0.2) is 0 Å². The maximum Gasteiger partial charge on any atom is 0.320 e. The van der Waals surface area contributed by atoms with Crippen LogP contribution in [-0.4, -0.2) is 18.1 Å². The number of halogens is 2. The first kappa shape index (κ1) is 15.5. The van der Waals surface area contributed by atoms with Gasteiger partial charge in [-0.15, -0.1) is 0 Å². The second-order valence-electron chi connectivity index (χ2n) is 4.93. The summed E-state index contributed by atoms with van der Waals surface area (Å²) in [6.07, 6.45) is 0. The first-order valence-corrected chi connectivity index (χ1v) is 6.81. The maximum atomic E-state index is 11.5. The number of benzene rings is 1. The van der Waals surface area contributed by atoms with Crippen molar-refractivity contribution < 1.29 is 9.53 Å². The number of esters is 1. The lowest BCUT2D eigenvalue weighted by Gasteiger charge is -2.19. The fraction of sp³-hybridized carbons (Fsp3) is 0.462. The summed E-state index contributed by atoms with van der Waals surface area (Å²) in [4.78, 5) is 11.5. The number of hydrogen-bond donors (Lipinski definition) is 1. The molecule has 0 saturated carbocycles. The number of carbonyl (C=O) groups excluding carboxylic acids is 1. The second-order valence-corrected chi connectivity index (χ2v) is 6.25. The van der Waals surface area contributed by atoms with Crippen LogP contribution in [0.4, 0.5) is 0 Å². The van der Waals surface area contributed by atoms with Crippen molar-refractivity contribution >= 4 is 33.5 Å². The summed E-state index contributed by atoms with van der Waals surface area (Å²) in [6, 6.07) is 5.65. The molecule has 1 N–H and O–H groups in total. The van der Waals surface area contributed by atoms with Gasteiger partial charge in [0.15, 0.2) is 0 Å². The Hall–Kier alpha value is -0.580. The highest BCUT2D eigenvalue weighted by atomic mass is 79.9. The lowest BCUT2D eigenvalue weighted by molar-refractivity contribution is -0.153. The molecule has 5 heteroatoms. The van der Waals surface area contributed by atoms with Crippen LogP contribution in [0.15, 0.2) is 22.7 Å². The molecule has 1 aromatic rings. The second kappa shape index (κ2) is 6.55. The topological polar surface area (TPSA) is 38.3 Å². The van der Waals surface area contributed by atoms with Crippen molar-refractivity contribution in [2.75, 3.05) is 6.54 Å². The Morgan fingerprint density at radius 3 is 2.67 bits per heavy atom. The molecule has 3 nitrogen and oxygen atoms in total. The number of carbonyl (C=O) groups is 1. The van der Waals surface area contributed by atoms with E-state index < -0.39 is 5.60 Å². The summed E-state index contributed by atoms with van der Waals surface area (Å²) < 4.78 is 6.12. The SMILES string of the molecule is CC(C)(C)OC(=O)CNCc1ccc(Br)cc1Cl. The molecule has 0 aliphatic rings. The van der Waals surface area contributed by atoms with Crippen LogP contribution in [0.3, 0.4) is 0 Å². The zero-order chi connectivity index (χ0) is 13.8. The molecule has 18 heavy (non-hydrogen) atoms. The van der Waals surface area contributed by atoms with Crippen LogP contribution >= 0.6 is 27.5 Å². The van der Waals surface area contributed by atoms with E-state index >= 15 is 0 Å². The van der Waals surface area contributed by atoms with Crippen LogP contribution < -0.4 is 5.32 Å². The molecule has 0 radical (unpaired) electrons. The van der Waals surface area contributed by atoms with E-state index in [2.05, 4.69) is 21.2 Å². The van der Waals surface area contributed by atoms with E-state index in [0.29, 0.717) is 11.6 Å². The molecule has 0 atom stereocenters. The molecule has 0 aromatic heterocycles. The third kappa shape index (κ3) is 5.85. The Morgan fingerprint density at radius 1 is 1.44 bits per heavy atom. The molecule has 1 aromatic carbocycles. The van der Waals surface area contributed by atoms with E-state index in [-0.39, 0.29) is 12.5 Å². The molecule has 0 heterocycles. The quantitative estimate of drug-likeness (QED) is 0.856. The zero-order valence-electron chi connectivity index (χ0n) is 10.7. The van der Waals surface area contributed by atoms with Crippen molar-refractivity contribution in [2.24, 2.45) is 0 Å². The summed E-state index contributed by atoms with van der Waals surface area (Å²) in [6.45, 7) is 6.23. The molecule has 0 unspecified atom stereocenters. The van der Waals surface area contributed by atoms with Crippen molar-refractivity contribution in [3.8, 4) is 0 Å². The van der Waals surface area contributed by atoms with Crippen LogP contribution in [0.2, 0.25) is 5.02 Å². The molecule has 100 valence electrons. The fourth-order valence-corrected chi connectivity index (χ4v) is 2.08.